The Morgan fingerprint density at radius 3 is 1.57 bits per heavy atom. The van der Waals surface area contributed by atoms with Crippen LogP contribution in [0, 0.1) is 5.92 Å². The molecule has 1 amide bonds. The van der Waals surface area contributed by atoms with Gasteiger partial charge in [-0.25, -0.2) is 0 Å². The largest absolute Gasteiger partial charge is 0.356 e. The summed E-state index contributed by atoms with van der Waals surface area (Å²) in [5.41, 5.74) is 0. The molecule has 1 unspecified atom stereocenters. The van der Waals surface area contributed by atoms with Crippen molar-refractivity contribution in [3.8, 4) is 0 Å². The van der Waals surface area contributed by atoms with Gasteiger partial charge in [0.1, 0.15) is 5.78 Å². The fraction of sp³-hybridized carbons (Fsp3) is 0.926. The van der Waals surface area contributed by atoms with Gasteiger partial charge < -0.3 is 5.32 Å². The van der Waals surface area contributed by atoms with Crippen LogP contribution in [0.25, 0.3) is 0 Å². The van der Waals surface area contributed by atoms with Gasteiger partial charge in [0.15, 0.2) is 0 Å². The molecule has 3 heteroatoms. The standard InChI is InChI=1S/C27H53NO2/c1-4-6-8-17-21-25(3)27(30)28-24-20-16-14-12-10-11-13-15-19-23-26(29)22-18-9-7-5-2/h25H,4-24H2,1-3H3,(H,28,30). The number of amides is 1. The van der Waals surface area contributed by atoms with Crippen molar-refractivity contribution in [2.24, 2.45) is 5.92 Å². The van der Waals surface area contributed by atoms with Crippen LogP contribution in [-0.2, 0) is 9.59 Å². The molecule has 3 nitrogen and oxygen atoms in total. The molecule has 0 spiro atoms. The highest BCUT2D eigenvalue weighted by Gasteiger charge is 2.11. The van der Waals surface area contributed by atoms with Crippen molar-refractivity contribution in [3.05, 3.63) is 0 Å². The van der Waals surface area contributed by atoms with Crippen LogP contribution in [0.3, 0.4) is 0 Å². The molecule has 0 heterocycles. The zero-order valence-electron chi connectivity index (χ0n) is 20.7. The third-order valence-electron chi connectivity index (χ3n) is 6.18. The topological polar surface area (TPSA) is 46.2 Å². The molecular weight excluding hydrogens is 370 g/mol. The van der Waals surface area contributed by atoms with E-state index < -0.39 is 0 Å². The van der Waals surface area contributed by atoms with Crippen molar-refractivity contribution >= 4 is 11.7 Å². The van der Waals surface area contributed by atoms with E-state index in [1.54, 1.807) is 0 Å². The van der Waals surface area contributed by atoms with Crippen LogP contribution in [-0.4, -0.2) is 18.2 Å². The summed E-state index contributed by atoms with van der Waals surface area (Å²) in [6.45, 7) is 7.33. The average Bonchev–Trinajstić information content (AvgIpc) is 2.74. The Morgan fingerprint density at radius 1 is 0.600 bits per heavy atom. The molecule has 0 aromatic carbocycles. The molecule has 1 N–H and O–H groups in total. The van der Waals surface area contributed by atoms with Gasteiger partial charge in [-0.05, 0) is 25.7 Å². The van der Waals surface area contributed by atoms with Crippen LogP contribution in [0.1, 0.15) is 149 Å². The van der Waals surface area contributed by atoms with Gasteiger partial charge in [0.05, 0.1) is 0 Å². The Bertz CT molecular complexity index is 394. The van der Waals surface area contributed by atoms with E-state index in [0.29, 0.717) is 5.78 Å². The highest BCUT2D eigenvalue weighted by molar-refractivity contribution is 5.78. The maximum atomic E-state index is 12.1. The van der Waals surface area contributed by atoms with Crippen molar-refractivity contribution in [2.45, 2.75) is 149 Å². The Balaban J connectivity index is 3.30. The molecule has 0 saturated carbocycles. The summed E-state index contributed by atoms with van der Waals surface area (Å²) in [4.78, 5) is 23.8. The first-order chi connectivity index (χ1) is 14.6. The Morgan fingerprint density at radius 2 is 1.03 bits per heavy atom. The number of carbonyl (C=O) groups excluding carboxylic acids is 2. The lowest BCUT2D eigenvalue weighted by molar-refractivity contribution is -0.124. The molecule has 0 aliphatic heterocycles. The van der Waals surface area contributed by atoms with Crippen LogP contribution in [0.2, 0.25) is 0 Å². The number of ketones is 1. The van der Waals surface area contributed by atoms with Crippen molar-refractivity contribution in [1.29, 1.82) is 0 Å². The minimum absolute atomic E-state index is 0.165. The van der Waals surface area contributed by atoms with Gasteiger partial charge in [0.25, 0.3) is 0 Å². The molecule has 178 valence electrons. The van der Waals surface area contributed by atoms with E-state index in [9.17, 15) is 9.59 Å². The number of nitrogens with one attached hydrogen (secondary N) is 1. The molecule has 0 aromatic heterocycles. The van der Waals surface area contributed by atoms with E-state index in [-0.39, 0.29) is 11.8 Å². The SMILES string of the molecule is CCCCCCC(=O)CCCCCCCCCCCNC(=O)C(C)CCCCCC. The molecule has 0 saturated heterocycles. The van der Waals surface area contributed by atoms with Gasteiger partial charge in [-0.15, -0.1) is 0 Å². The zero-order valence-corrected chi connectivity index (χ0v) is 20.7. The number of rotatable bonds is 23. The van der Waals surface area contributed by atoms with E-state index in [0.717, 1.165) is 45.1 Å². The van der Waals surface area contributed by atoms with E-state index in [1.165, 1.54) is 89.9 Å². The number of hydrogen-bond donors (Lipinski definition) is 1. The van der Waals surface area contributed by atoms with Gasteiger partial charge in [0.2, 0.25) is 5.91 Å². The molecule has 0 aliphatic carbocycles. The van der Waals surface area contributed by atoms with Gasteiger partial charge in [-0.1, -0.05) is 111 Å². The maximum absolute atomic E-state index is 12.1. The van der Waals surface area contributed by atoms with E-state index >= 15 is 0 Å². The lowest BCUT2D eigenvalue weighted by atomic mass is 10.0. The molecule has 0 radical (unpaired) electrons. The molecule has 1 atom stereocenters. The number of unbranched alkanes of at least 4 members (excludes halogenated alkanes) is 14. The van der Waals surface area contributed by atoms with Gasteiger partial charge in [-0.2, -0.15) is 0 Å². The summed E-state index contributed by atoms with van der Waals surface area (Å²) in [6, 6.07) is 0. The van der Waals surface area contributed by atoms with E-state index in [1.807, 2.05) is 0 Å². The summed E-state index contributed by atoms with van der Waals surface area (Å²) in [7, 11) is 0. The maximum Gasteiger partial charge on any atom is 0.222 e. The Hall–Kier alpha value is -0.860. The number of carbonyl (C=O) groups is 2. The lowest BCUT2D eigenvalue weighted by Gasteiger charge is -2.12. The molecule has 0 rings (SSSR count). The average molecular weight is 424 g/mol. The third kappa shape index (κ3) is 20.4. The van der Waals surface area contributed by atoms with Crippen molar-refractivity contribution < 1.29 is 9.59 Å². The molecular formula is C27H53NO2. The highest BCUT2D eigenvalue weighted by Crippen LogP contribution is 2.13. The molecule has 0 aromatic rings. The van der Waals surface area contributed by atoms with Crippen LogP contribution < -0.4 is 5.32 Å². The fourth-order valence-electron chi connectivity index (χ4n) is 3.95. The van der Waals surface area contributed by atoms with Crippen molar-refractivity contribution in [2.75, 3.05) is 6.54 Å². The smallest absolute Gasteiger partial charge is 0.222 e. The van der Waals surface area contributed by atoms with Crippen LogP contribution >= 0.6 is 0 Å². The molecule has 30 heavy (non-hydrogen) atoms. The first kappa shape index (κ1) is 29.1. The summed E-state index contributed by atoms with van der Waals surface area (Å²) >= 11 is 0. The summed E-state index contributed by atoms with van der Waals surface area (Å²) in [5, 5.41) is 3.11. The summed E-state index contributed by atoms with van der Waals surface area (Å²) in [6.07, 6.45) is 23.5. The number of hydrogen-bond acceptors (Lipinski definition) is 2. The molecule has 0 bridgehead atoms. The van der Waals surface area contributed by atoms with Crippen molar-refractivity contribution in [1.82, 2.24) is 5.32 Å². The fourth-order valence-corrected chi connectivity index (χ4v) is 3.95. The summed E-state index contributed by atoms with van der Waals surface area (Å²) < 4.78 is 0. The van der Waals surface area contributed by atoms with Crippen LogP contribution in [0.15, 0.2) is 0 Å². The van der Waals surface area contributed by atoms with Crippen molar-refractivity contribution in [3.63, 3.8) is 0 Å². The second kappa shape index (κ2) is 22.8. The van der Waals surface area contributed by atoms with E-state index in [2.05, 4.69) is 26.1 Å². The third-order valence-corrected chi connectivity index (χ3v) is 6.18. The summed E-state index contributed by atoms with van der Waals surface area (Å²) in [5.74, 6) is 0.883. The van der Waals surface area contributed by atoms with Crippen LogP contribution in [0.4, 0.5) is 0 Å². The number of Topliss-reactive ketones (excluding diaryl/α,β-unsaturated/α-hetero) is 1. The normalized spacial score (nSPS) is 12.1. The predicted molar refractivity (Wildman–Crippen MR) is 131 cm³/mol. The zero-order chi connectivity index (χ0) is 22.3. The first-order valence-electron chi connectivity index (χ1n) is 13.4. The molecule has 0 aliphatic rings. The predicted octanol–water partition coefficient (Wildman–Crippen LogP) is 8.15. The highest BCUT2D eigenvalue weighted by atomic mass is 16.1. The van der Waals surface area contributed by atoms with Gasteiger partial charge >= 0.3 is 0 Å². The van der Waals surface area contributed by atoms with Crippen LogP contribution in [0.5, 0.6) is 0 Å². The molecule has 0 fully saturated rings. The lowest BCUT2D eigenvalue weighted by Crippen LogP contribution is -2.30. The second-order valence-corrected chi connectivity index (χ2v) is 9.32. The quantitative estimate of drug-likeness (QED) is 0.168. The first-order valence-corrected chi connectivity index (χ1v) is 13.4. The Labute approximate surface area is 188 Å². The minimum atomic E-state index is 0.165. The minimum Gasteiger partial charge on any atom is -0.356 e. The van der Waals surface area contributed by atoms with E-state index in [4.69, 9.17) is 0 Å². The second-order valence-electron chi connectivity index (χ2n) is 9.32. The monoisotopic (exact) mass is 423 g/mol. The van der Waals surface area contributed by atoms with Gasteiger partial charge in [0, 0.05) is 25.3 Å². The Kier molecular flexibility index (Phi) is 22.2. The van der Waals surface area contributed by atoms with Gasteiger partial charge in [-0.3, -0.25) is 9.59 Å².